The fraction of sp³-hybridized carbons (Fsp3) is 0.900. The number of nitrogens with one attached hydrogen (secondary N) is 1. The summed E-state index contributed by atoms with van der Waals surface area (Å²) in [6.07, 6.45) is 10.2. The molecule has 8 rings (SSSR count). The number of carbonyl (C=O) groups is 1. The molecule has 7 fully saturated rings. The first-order valence-electron chi connectivity index (χ1n) is 19.7. The van der Waals surface area contributed by atoms with Gasteiger partial charge in [0.25, 0.3) is 0 Å². The van der Waals surface area contributed by atoms with Crippen LogP contribution in [0.3, 0.4) is 0 Å². The van der Waals surface area contributed by atoms with Crippen LogP contribution in [0.4, 0.5) is 0 Å². The molecule has 3 N–H and O–H groups in total. The topological polar surface area (TPSA) is 126 Å². The minimum absolute atomic E-state index is 0.0271. The van der Waals surface area contributed by atoms with E-state index in [1.165, 1.54) is 26.2 Å². The van der Waals surface area contributed by atoms with Crippen molar-refractivity contribution in [1.82, 2.24) is 14.9 Å². The summed E-state index contributed by atoms with van der Waals surface area (Å²) in [6.45, 7) is 20.0. The van der Waals surface area contributed by atoms with Gasteiger partial charge in [-0.1, -0.05) is 34.6 Å². The first-order valence-corrected chi connectivity index (χ1v) is 19.7. The van der Waals surface area contributed by atoms with Gasteiger partial charge in [-0.15, -0.1) is 0 Å². The molecule has 14 atom stereocenters. The van der Waals surface area contributed by atoms with E-state index in [1.54, 1.807) is 20.2 Å². The van der Waals surface area contributed by atoms with Crippen molar-refractivity contribution in [2.75, 3.05) is 19.7 Å². The minimum Gasteiger partial charge on any atom is -0.457 e. The van der Waals surface area contributed by atoms with Crippen LogP contribution in [0.5, 0.6) is 0 Å². The van der Waals surface area contributed by atoms with Crippen molar-refractivity contribution in [2.45, 2.75) is 156 Å². The van der Waals surface area contributed by atoms with Gasteiger partial charge in [0.2, 0.25) is 0 Å². The number of carbonyl (C=O) groups excluding carboxylic acids is 1. The predicted molar refractivity (Wildman–Crippen MR) is 186 cm³/mol. The van der Waals surface area contributed by atoms with Gasteiger partial charge in [0.1, 0.15) is 0 Å². The highest BCUT2D eigenvalue weighted by Gasteiger charge is 2.84. The van der Waals surface area contributed by atoms with E-state index in [1.807, 2.05) is 6.20 Å². The number of esters is 1. The van der Waals surface area contributed by atoms with Crippen molar-refractivity contribution in [3.8, 4) is 0 Å². The molecule has 2 saturated heterocycles. The monoisotopic (exact) mass is 697 g/mol. The normalized spacial score (nSPS) is 48.7. The van der Waals surface area contributed by atoms with Crippen molar-refractivity contribution in [2.24, 2.45) is 50.7 Å². The molecular formula is C40H63N3O7. The SMILES string of the molecule is CC(=O)O[C@@H](C1C[C@@H](C)[C@H]2C(O1)[C@H](O)[C@@]1(C)C3CC[C@H]4C(C)(C)C(O[C@H]5CN(Cc6cnc[nH]6)CCO5)CCC45CC35CCC21C)C(C)(C)O. The van der Waals surface area contributed by atoms with Crippen LogP contribution in [0, 0.1) is 50.7 Å². The quantitative estimate of drug-likeness (QED) is 0.318. The number of hydrogen-bond donors (Lipinski definition) is 3. The van der Waals surface area contributed by atoms with Gasteiger partial charge < -0.3 is 34.1 Å². The minimum atomic E-state index is -1.26. The molecule has 50 heavy (non-hydrogen) atoms. The van der Waals surface area contributed by atoms with Gasteiger partial charge in [-0.05, 0) is 111 Å². The Labute approximate surface area is 298 Å². The van der Waals surface area contributed by atoms with E-state index in [4.69, 9.17) is 18.9 Å². The second kappa shape index (κ2) is 11.7. The van der Waals surface area contributed by atoms with E-state index in [-0.39, 0.29) is 52.0 Å². The smallest absolute Gasteiger partial charge is 0.303 e. The van der Waals surface area contributed by atoms with Crippen LogP contribution in [0.25, 0.3) is 0 Å². The van der Waals surface area contributed by atoms with Gasteiger partial charge >= 0.3 is 5.97 Å². The average Bonchev–Trinajstić information content (AvgIpc) is 3.33. The highest BCUT2D eigenvalue weighted by Crippen LogP contribution is 2.89. The maximum absolute atomic E-state index is 12.6. The number of imidazole rings is 1. The standard InChI is InChI=1S/C40H63N3O7/c1-23-17-26(34(36(5,6)46)48-24(2)44)49-32-31(23)37(7)13-14-40-21-39(40)12-11-29(35(3,4)27(39)9-10-28(40)38(37,8)33(32)45)50-30-20-43(15-16-47-30)19-25-18-41-22-42-25/h18,22-23,26-34,45-46H,9-17,19-21H2,1-8H3,(H,41,42)/t23-,26?,27+,28?,29?,30+,31+,32?,33+,34+,37?,38-,39?,40?/m1/s1. The van der Waals surface area contributed by atoms with Crippen LogP contribution in [0.1, 0.15) is 112 Å². The largest absolute Gasteiger partial charge is 0.457 e. The van der Waals surface area contributed by atoms with Crippen LogP contribution in [-0.2, 0) is 30.3 Å². The molecule has 2 aliphatic heterocycles. The molecule has 10 heteroatoms. The maximum atomic E-state index is 12.6. The summed E-state index contributed by atoms with van der Waals surface area (Å²) >= 11 is 0. The molecule has 7 unspecified atom stereocenters. The van der Waals surface area contributed by atoms with Crippen LogP contribution < -0.4 is 0 Å². The van der Waals surface area contributed by atoms with Crippen LogP contribution in [-0.4, -0.2) is 93.2 Å². The lowest BCUT2D eigenvalue weighted by molar-refractivity contribution is -0.249. The van der Waals surface area contributed by atoms with Gasteiger partial charge in [0, 0.05) is 37.3 Å². The van der Waals surface area contributed by atoms with Crippen LogP contribution >= 0.6 is 0 Å². The van der Waals surface area contributed by atoms with Crippen molar-refractivity contribution >= 4 is 5.97 Å². The van der Waals surface area contributed by atoms with Crippen molar-refractivity contribution in [1.29, 1.82) is 0 Å². The van der Waals surface area contributed by atoms with Crippen molar-refractivity contribution < 1.29 is 34.0 Å². The van der Waals surface area contributed by atoms with E-state index in [0.29, 0.717) is 30.3 Å². The Morgan fingerprint density at radius 1 is 1.14 bits per heavy atom. The summed E-state index contributed by atoms with van der Waals surface area (Å²) in [6, 6.07) is 0. The Morgan fingerprint density at radius 3 is 2.58 bits per heavy atom. The average molecular weight is 698 g/mol. The zero-order chi connectivity index (χ0) is 35.6. The number of morpholine rings is 1. The summed E-state index contributed by atoms with van der Waals surface area (Å²) in [5, 5.41) is 23.7. The van der Waals surface area contributed by atoms with E-state index >= 15 is 0 Å². The second-order valence-electron chi connectivity index (χ2n) is 19.5. The number of aromatic nitrogens is 2. The lowest BCUT2D eigenvalue weighted by Gasteiger charge is -2.64. The number of aromatic amines is 1. The number of ether oxygens (including phenoxy) is 4. The van der Waals surface area contributed by atoms with E-state index < -0.39 is 29.9 Å². The maximum Gasteiger partial charge on any atom is 0.303 e. The predicted octanol–water partition coefficient (Wildman–Crippen LogP) is 5.47. The Balaban J connectivity index is 1.01. The molecular weight excluding hydrogens is 634 g/mol. The van der Waals surface area contributed by atoms with Gasteiger partial charge in [0.05, 0.1) is 49.5 Å². The number of H-pyrrole nitrogens is 1. The summed E-state index contributed by atoms with van der Waals surface area (Å²) < 4.78 is 25.7. The molecule has 0 radical (unpaired) electrons. The highest BCUT2D eigenvalue weighted by atomic mass is 16.7. The van der Waals surface area contributed by atoms with Crippen LogP contribution in [0.2, 0.25) is 0 Å². The lowest BCUT2D eigenvalue weighted by Crippen LogP contribution is -2.60. The molecule has 10 nitrogen and oxygen atoms in total. The number of aliphatic hydroxyl groups is 2. The fourth-order valence-electron chi connectivity index (χ4n) is 14.3. The molecule has 280 valence electrons. The van der Waals surface area contributed by atoms with E-state index in [2.05, 4.69) is 49.5 Å². The summed E-state index contributed by atoms with van der Waals surface area (Å²) in [4.78, 5) is 21.9. The number of aliphatic hydroxyl groups excluding tert-OH is 1. The third kappa shape index (κ3) is 4.93. The molecule has 7 aliphatic rings. The first kappa shape index (κ1) is 35.5. The number of hydrogen-bond acceptors (Lipinski definition) is 9. The van der Waals surface area contributed by atoms with Crippen LogP contribution in [0.15, 0.2) is 12.5 Å². The Morgan fingerprint density at radius 2 is 1.88 bits per heavy atom. The summed E-state index contributed by atoms with van der Waals surface area (Å²) in [5.41, 5.74) is 0.0944. The zero-order valence-electron chi connectivity index (χ0n) is 31.7. The molecule has 5 saturated carbocycles. The molecule has 0 aromatic carbocycles. The van der Waals surface area contributed by atoms with E-state index in [0.717, 1.165) is 51.0 Å². The molecule has 1 aromatic rings. The molecule has 0 bridgehead atoms. The van der Waals surface area contributed by atoms with Crippen molar-refractivity contribution in [3.63, 3.8) is 0 Å². The van der Waals surface area contributed by atoms with E-state index in [9.17, 15) is 15.0 Å². The number of rotatable bonds is 7. The zero-order valence-corrected chi connectivity index (χ0v) is 31.7. The number of nitrogens with zero attached hydrogens (tertiary/aromatic N) is 2. The summed E-state index contributed by atoms with van der Waals surface area (Å²) in [5.74, 6) is 1.08. The van der Waals surface area contributed by atoms with Crippen molar-refractivity contribution in [3.05, 3.63) is 18.2 Å². The van der Waals surface area contributed by atoms with Gasteiger partial charge in [-0.3, -0.25) is 9.69 Å². The Bertz CT molecular complexity index is 1450. The van der Waals surface area contributed by atoms with Gasteiger partial charge in [0.15, 0.2) is 12.4 Å². The highest BCUT2D eigenvalue weighted by molar-refractivity contribution is 5.66. The third-order valence-corrected chi connectivity index (χ3v) is 16.5. The summed E-state index contributed by atoms with van der Waals surface area (Å²) in [7, 11) is 0. The fourth-order valence-corrected chi connectivity index (χ4v) is 14.3. The molecule has 3 heterocycles. The molecule has 0 amide bonds. The third-order valence-electron chi connectivity index (χ3n) is 16.5. The molecule has 2 spiro atoms. The molecule has 5 aliphatic carbocycles. The Hall–Kier alpha value is -1.56. The lowest BCUT2D eigenvalue weighted by atomic mass is 9.41. The molecule has 1 aromatic heterocycles. The van der Waals surface area contributed by atoms with Gasteiger partial charge in [-0.25, -0.2) is 4.98 Å². The van der Waals surface area contributed by atoms with Gasteiger partial charge in [-0.2, -0.15) is 0 Å². The second-order valence-corrected chi connectivity index (χ2v) is 19.5. The Kier molecular flexibility index (Phi) is 8.31. The number of fused-ring (bicyclic) bond motifs is 4. The first-order chi connectivity index (χ1) is 23.5.